The molecule has 0 fully saturated rings. The molecule has 0 aromatic heterocycles. The van der Waals surface area contributed by atoms with Crippen LogP contribution in [0.25, 0.3) is 0 Å². The number of carbonyl (C=O) groups is 2. The van der Waals surface area contributed by atoms with Crippen molar-refractivity contribution in [1.29, 1.82) is 0 Å². The number of benzene rings is 1. The maximum Gasteiger partial charge on any atom is 0.307 e. The zero-order valence-corrected chi connectivity index (χ0v) is 11.5. The number of carboxylic acid groups (broad SMARTS) is 1. The molecule has 0 heterocycles. The highest BCUT2D eigenvalue weighted by Gasteiger charge is 2.02. The van der Waals surface area contributed by atoms with Gasteiger partial charge in [0.15, 0.2) is 0 Å². The van der Waals surface area contributed by atoms with Gasteiger partial charge >= 0.3 is 5.97 Å². The van der Waals surface area contributed by atoms with Crippen LogP contribution in [-0.2, 0) is 27.3 Å². The van der Waals surface area contributed by atoms with Crippen molar-refractivity contribution in [2.24, 2.45) is 0 Å². The highest BCUT2D eigenvalue weighted by molar-refractivity contribution is 5.77. The molecule has 1 aromatic carbocycles. The fourth-order valence-electron chi connectivity index (χ4n) is 1.62. The molecule has 0 spiro atoms. The molecular formula is C14H20N2O4. The van der Waals surface area contributed by atoms with Gasteiger partial charge in [-0.3, -0.25) is 9.59 Å². The molecule has 20 heavy (non-hydrogen) atoms. The fraction of sp³-hybridized carbons (Fsp3) is 0.429. The van der Waals surface area contributed by atoms with Gasteiger partial charge in [-0.05, 0) is 11.1 Å². The van der Waals surface area contributed by atoms with E-state index in [1.807, 2.05) is 12.1 Å². The van der Waals surface area contributed by atoms with E-state index in [1.54, 1.807) is 19.2 Å². The van der Waals surface area contributed by atoms with E-state index in [0.29, 0.717) is 19.7 Å². The lowest BCUT2D eigenvalue weighted by atomic mass is 10.1. The van der Waals surface area contributed by atoms with Crippen LogP contribution >= 0.6 is 0 Å². The smallest absolute Gasteiger partial charge is 0.307 e. The highest BCUT2D eigenvalue weighted by atomic mass is 16.5. The van der Waals surface area contributed by atoms with Crippen LogP contribution in [0.3, 0.4) is 0 Å². The van der Waals surface area contributed by atoms with Crippen LogP contribution in [0.4, 0.5) is 0 Å². The molecule has 0 radical (unpaired) electrons. The summed E-state index contributed by atoms with van der Waals surface area (Å²) in [4.78, 5) is 21.9. The van der Waals surface area contributed by atoms with E-state index in [4.69, 9.17) is 9.84 Å². The van der Waals surface area contributed by atoms with Crippen LogP contribution in [-0.4, -0.2) is 43.8 Å². The first-order valence-electron chi connectivity index (χ1n) is 6.38. The molecular weight excluding hydrogens is 260 g/mol. The molecule has 0 aliphatic heterocycles. The number of rotatable bonds is 9. The summed E-state index contributed by atoms with van der Waals surface area (Å²) in [5.41, 5.74) is 1.77. The van der Waals surface area contributed by atoms with Crippen molar-refractivity contribution in [3.8, 4) is 0 Å². The Hall–Kier alpha value is -1.92. The van der Waals surface area contributed by atoms with Crippen molar-refractivity contribution in [3.63, 3.8) is 0 Å². The van der Waals surface area contributed by atoms with Crippen LogP contribution in [0, 0.1) is 0 Å². The molecule has 1 rings (SSSR count). The maximum atomic E-state index is 11.4. The summed E-state index contributed by atoms with van der Waals surface area (Å²) in [5.74, 6) is -0.923. The van der Waals surface area contributed by atoms with Gasteiger partial charge in [0.2, 0.25) is 5.91 Å². The zero-order valence-electron chi connectivity index (χ0n) is 11.5. The van der Waals surface area contributed by atoms with E-state index in [0.717, 1.165) is 11.1 Å². The Kier molecular flexibility index (Phi) is 7.31. The number of nitrogens with one attached hydrogen (secondary N) is 2. The van der Waals surface area contributed by atoms with E-state index in [-0.39, 0.29) is 18.9 Å². The number of carbonyl (C=O) groups excluding carboxylic acids is 1. The first kappa shape index (κ1) is 16.1. The Balaban J connectivity index is 2.24. The number of hydrogen-bond acceptors (Lipinski definition) is 4. The second-order valence-electron chi connectivity index (χ2n) is 4.33. The van der Waals surface area contributed by atoms with Gasteiger partial charge in [0.1, 0.15) is 0 Å². The van der Waals surface area contributed by atoms with E-state index in [1.165, 1.54) is 0 Å². The van der Waals surface area contributed by atoms with Gasteiger partial charge in [0.05, 0.1) is 19.6 Å². The van der Waals surface area contributed by atoms with E-state index in [2.05, 4.69) is 10.6 Å². The highest BCUT2D eigenvalue weighted by Crippen LogP contribution is 2.05. The minimum atomic E-state index is -0.844. The standard InChI is InChI=1S/C14H20N2O4/c1-20-7-6-16-13(17)10-15-9-12-4-2-11(3-5-12)8-14(18)19/h2-5,15H,6-10H2,1H3,(H,16,17)(H,18,19). The van der Waals surface area contributed by atoms with Crippen LogP contribution in [0.5, 0.6) is 0 Å². The number of amides is 1. The van der Waals surface area contributed by atoms with Gasteiger partial charge in [-0.1, -0.05) is 24.3 Å². The lowest BCUT2D eigenvalue weighted by molar-refractivity contribution is -0.136. The predicted octanol–water partition coefficient (Wildman–Crippen LogP) is 0.166. The Bertz CT molecular complexity index is 431. The summed E-state index contributed by atoms with van der Waals surface area (Å²) < 4.78 is 4.83. The molecule has 0 unspecified atom stereocenters. The molecule has 6 nitrogen and oxygen atoms in total. The summed E-state index contributed by atoms with van der Waals surface area (Å²) in [6, 6.07) is 7.27. The normalized spacial score (nSPS) is 10.2. The number of hydrogen-bond donors (Lipinski definition) is 3. The largest absolute Gasteiger partial charge is 0.481 e. The fourth-order valence-corrected chi connectivity index (χ4v) is 1.62. The molecule has 0 aliphatic rings. The number of aliphatic carboxylic acids is 1. The van der Waals surface area contributed by atoms with Crippen molar-refractivity contribution in [2.75, 3.05) is 26.8 Å². The molecule has 110 valence electrons. The molecule has 1 amide bonds. The average molecular weight is 280 g/mol. The molecule has 1 aromatic rings. The number of methoxy groups -OCH3 is 1. The third-order valence-electron chi connectivity index (χ3n) is 2.62. The third kappa shape index (κ3) is 6.86. The Morgan fingerprint density at radius 2 is 1.85 bits per heavy atom. The van der Waals surface area contributed by atoms with Gasteiger partial charge in [-0.15, -0.1) is 0 Å². The molecule has 0 saturated carbocycles. The van der Waals surface area contributed by atoms with Gasteiger partial charge < -0.3 is 20.5 Å². The lowest BCUT2D eigenvalue weighted by Gasteiger charge is -2.07. The zero-order chi connectivity index (χ0) is 14.8. The quantitative estimate of drug-likeness (QED) is 0.561. The van der Waals surface area contributed by atoms with Gasteiger partial charge in [0, 0.05) is 20.2 Å². The monoisotopic (exact) mass is 280 g/mol. The molecule has 0 saturated heterocycles. The van der Waals surface area contributed by atoms with Crippen LogP contribution in [0.15, 0.2) is 24.3 Å². The summed E-state index contributed by atoms with van der Waals surface area (Å²) in [7, 11) is 1.58. The van der Waals surface area contributed by atoms with Crippen molar-refractivity contribution < 1.29 is 19.4 Å². The van der Waals surface area contributed by atoms with Crippen molar-refractivity contribution in [2.45, 2.75) is 13.0 Å². The van der Waals surface area contributed by atoms with Gasteiger partial charge in [0.25, 0.3) is 0 Å². The van der Waals surface area contributed by atoms with Crippen molar-refractivity contribution in [1.82, 2.24) is 10.6 Å². The van der Waals surface area contributed by atoms with Crippen LogP contribution in [0.2, 0.25) is 0 Å². The summed E-state index contributed by atoms with van der Waals surface area (Å²) in [6.45, 7) is 1.79. The number of carboxylic acids is 1. The first-order chi connectivity index (χ1) is 9.61. The second kappa shape index (κ2) is 9.06. The van der Waals surface area contributed by atoms with Crippen LogP contribution < -0.4 is 10.6 Å². The first-order valence-corrected chi connectivity index (χ1v) is 6.38. The lowest BCUT2D eigenvalue weighted by Crippen LogP contribution is -2.35. The maximum absolute atomic E-state index is 11.4. The van der Waals surface area contributed by atoms with Crippen molar-refractivity contribution >= 4 is 11.9 Å². The molecule has 6 heteroatoms. The Morgan fingerprint density at radius 1 is 1.20 bits per heavy atom. The van der Waals surface area contributed by atoms with Crippen LogP contribution in [0.1, 0.15) is 11.1 Å². The SMILES string of the molecule is COCCNC(=O)CNCc1ccc(CC(=O)O)cc1. The minimum absolute atomic E-state index is 0.0234. The summed E-state index contributed by atoms with van der Waals surface area (Å²) in [5, 5.41) is 14.4. The van der Waals surface area contributed by atoms with Gasteiger partial charge in [-0.25, -0.2) is 0 Å². The molecule has 0 aliphatic carbocycles. The third-order valence-corrected chi connectivity index (χ3v) is 2.62. The Morgan fingerprint density at radius 3 is 2.45 bits per heavy atom. The van der Waals surface area contributed by atoms with E-state index < -0.39 is 5.97 Å². The second-order valence-corrected chi connectivity index (χ2v) is 4.33. The molecule has 0 atom stereocenters. The minimum Gasteiger partial charge on any atom is -0.481 e. The summed E-state index contributed by atoms with van der Waals surface area (Å²) >= 11 is 0. The van der Waals surface area contributed by atoms with E-state index in [9.17, 15) is 9.59 Å². The Labute approximate surface area is 118 Å². The topological polar surface area (TPSA) is 87.7 Å². The number of ether oxygens (including phenoxy) is 1. The summed E-state index contributed by atoms with van der Waals surface area (Å²) in [6.07, 6.45) is 0.0234. The molecule has 0 bridgehead atoms. The predicted molar refractivity (Wildman–Crippen MR) is 74.4 cm³/mol. The molecule has 3 N–H and O–H groups in total. The average Bonchev–Trinajstić information content (AvgIpc) is 2.40. The van der Waals surface area contributed by atoms with Gasteiger partial charge in [-0.2, -0.15) is 0 Å². The van der Waals surface area contributed by atoms with E-state index >= 15 is 0 Å². The van der Waals surface area contributed by atoms with Crippen molar-refractivity contribution in [3.05, 3.63) is 35.4 Å².